The van der Waals surface area contributed by atoms with Gasteiger partial charge in [0, 0.05) is 5.56 Å². The topological polar surface area (TPSA) is 96.3 Å². The van der Waals surface area contributed by atoms with E-state index < -0.39 is 17.7 Å². The fourth-order valence-electron chi connectivity index (χ4n) is 4.03. The Bertz CT molecular complexity index is 1280. The van der Waals surface area contributed by atoms with Crippen LogP contribution in [0.15, 0.2) is 78.4 Å². The number of aliphatic hydroxyl groups excluding tert-OH is 1. The summed E-state index contributed by atoms with van der Waals surface area (Å²) >= 11 is 0. The van der Waals surface area contributed by atoms with Gasteiger partial charge in [-0.05, 0) is 47.9 Å². The van der Waals surface area contributed by atoms with Crippen molar-refractivity contribution < 1.29 is 29.3 Å². The van der Waals surface area contributed by atoms with E-state index >= 15 is 0 Å². The van der Waals surface area contributed by atoms with Crippen molar-refractivity contribution in [3.8, 4) is 17.2 Å². The number of anilines is 1. The minimum absolute atomic E-state index is 0.0398. The van der Waals surface area contributed by atoms with Crippen LogP contribution in [-0.2, 0) is 9.59 Å². The monoisotopic (exact) mass is 473 g/mol. The molecule has 180 valence electrons. The third kappa shape index (κ3) is 4.71. The number of hydrogen-bond donors (Lipinski definition) is 2. The van der Waals surface area contributed by atoms with Gasteiger partial charge in [-0.1, -0.05) is 50.2 Å². The van der Waals surface area contributed by atoms with Gasteiger partial charge in [-0.3, -0.25) is 14.5 Å². The third-order valence-electron chi connectivity index (χ3n) is 5.69. The van der Waals surface area contributed by atoms with Gasteiger partial charge in [0.05, 0.1) is 31.0 Å². The molecule has 1 saturated heterocycles. The number of phenols is 1. The molecule has 1 aliphatic rings. The molecule has 35 heavy (non-hydrogen) atoms. The van der Waals surface area contributed by atoms with E-state index in [2.05, 4.69) is 0 Å². The van der Waals surface area contributed by atoms with E-state index in [0.717, 1.165) is 0 Å². The van der Waals surface area contributed by atoms with Gasteiger partial charge >= 0.3 is 0 Å². The Morgan fingerprint density at radius 2 is 1.71 bits per heavy atom. The number of methoxy groups -OCH3 is 1. The SMILES string of the molecule is COc1ccccc1N1C(=O)C(=O)/C(=C(\O)c2cccc(OCC(C)C)c2)C1c1ccc(O)cc1. The fourth-order valence-corrected chi connectivity index (χ4v) is 4.03. The number of aromatic hydroxyl groups is 1. The summed E-state index contributed by atoms with van der Waals surface area (Å²) in [6.07, 6.45) is 0. The van der Waals surface area contributed by atoms with Crippen LogP contribution in [0.5, 0.6) is 17.2 Å². The summed E-state index contributed by atoms with van der Waals surface area (Å²) in [5.74, 6) is -0.619. The molecule has 3 aromatic carbocycles. The highest BCUT2D eigenvalue weighted by Gasteiger charge is 2.47. The molecule has 0 spiro atoms. The standard InChI is InChI=1S/C28H27NO6/c1-17(2)16-35-21-8-6-7-19(15-21)26(31)24-25(18-11-13-20(30)14-12-18)29(28(33)27(24)32)22-9-4-5-10-23(22)34-3/h4-15,17,25,30-31H,16H2,1-3H3/b26-24-. The second-order valence-electron chi connectivity index (χ2n) is 8.67. The Kier molecular flexibility index (Phi) is 6.78. The van der Waals surface area contributed by atoms with Gasteiger partial charge in [0.1, 0.15) is 23.0 Å². The van der Waals surface area contributed by atoms with Crippen molar-refractivity contribution >= 4 is 23.1 Å². The van der Waals surface area contributed by atoms with E-state index in [4.69, 9.17) is 9.47 Å². The van der Waals surface area contributed by atoms with Crippen molar-refractivity contribution in [3.05, 3.63) is 89.5 Å². The molecule has 0 saturated carbocycles. The highest BCUT2D eigenvalue weighted by molar-refractivity contribution is 6.51. The molecule has 0 radical (unpaired) electrons. The average molecular weight is 474 g/mol. The number of carbonyl (C=O) groups is 2. The van der Waals surface area contributed by atoms with E-state index in [-0.39, 0.29) is 17.1 Å². The Labute approximate surface area is 203 Å². The molecule has 1 unspecified atom stereocenters. The molecular weight excluding hydrogens is 446 g/mol. The van der Waals surface area contributed by atoms with Crippen LogP contribution in [0.4, 0.5) is 5.69 Å². The third-order valence-corrected chi connectivity index (χ3v) is 5.69. The number of aliphatic hydroxyl groups is 1. The summed E-state index contributed by atoms with van der Waals surface area (Å²) in [6, 6.07) is 18.9. The predicted molar refractivity (Wildman–Crippen MR) is 133 cm³/mol. The lowest BCUT2D eigenvalue weighted by atomic mass is 9.95. The molecular formula is C28H27NO6. The second kappa shape index (κ2) is 9.93. The van der Waals surface area contributed by atoms with E-state index in [9.17, 15) is 19.8 Å². The number of amides is 1. The lowest BCUT2D eigenvalue weighted by Crippen LogP contribution is -2.29. The van der Waals surface area contributed by atoms with Gasteiger partial charge in [-0.25, -0.2) is 0 Å². The fraction of sp³-hybridized carbons (Fsp3) is 0.214. The van der Waals surface area contributed by atoms with Crippen molar-refractivity contribution in [1.82, 2.24) is 0 Å². The lowest BCUT2D eigenvalue weighted by Gasteiger charge is -2.26. The zero-order valence-electron chi connectivity index (χ0n) is 19.8. The van der Waals surface area contributed by atoms with Gasteiger partial charge in [0.2, 0.25) is 0 Å². The van der Waals surface area contributed by atoms with Crippen LogP contribution >= 0.6 is 0 Å². The van der Waals surface area contributed by atoms with Gasteiger partial charge in [0.25, 0.3) is 11.7 Å². The van der Waals surface area contributed by atoms with Crippen LogP contribution in [0.1, 0.15) is 31.0 Å². The molecule has 1 aliphatic heterocycles. The molecule has 1 atom stereocenters. The highest BCUT2D eigenvalue weighted by Crippen LogP contribution is 2.45. The minimum atomic E-state index is -0.938. The van der Waals surface area contributed by atoms with Crippen molar-refractivity contribution in [2.45, 2.75) is 19.9 Å². The summed E-state index contributed by atoms with van der Waals surface area (Å²) in [4.78, 5) is 28.0. The number of phenolic OH excluding ortho intramolecular Hbond substituents is 1. The van der Waals surface area contributed by atoms with Crippen molar-refractivity contribution in [2.24, 2.45) is 5.92 Å². The maximum Gasteiger partial charge on any atom is 0.300 e. The number of carbonyl (C=O) groups excluding carboxylic acids is 2. The van der Waals surface area contributed by atoms with Crippen LogP contribution in [0.25, 0.3) is 5.76 Å². The first-order valence-corrected chi connectivity index (χ1v) is 11.3. The highest BCUT2D eigenvalue weighted by atomic mass is 16.5. The van der Waals surface area contributed by atoms with Crippen molar-refractivity contribution in [1.29, 1.82) is 0 Å². The van der Waals surface area contributed by atoms with Crippen molar-refractivity contribution in [3.63, 3.8) is 0 Å². The molecule has 1 amide bonds. The smallest absolute Gasteiger partial charge is 0.300 e. The molecule has 4 rings (SSSR count). The predicted octanol–water partition coefficient (Wildman–Crippen LogP) is 5.06. The number of hydrogen-bond acceptors (Lipinski definition) is 6. The molecule has 0 aromatic heterocycles. The van der Waals surface area contributed by atoms with Crippen LogP contribution in [0, 0.1) is 5.92 Å². The van der Waals surface area contributed by atoms with Gasteiger partial charge < -0.3 is 19.7 Å². The van der Waals surface area contributed by atoms with E-state index in [0.29, 0.717) is 40.8 Å². The summed E-state index contributed by atoms with van der Waals surface area (Å²) < 4.78 is 11.2. The molecule has 0 aliphatic carbocycles. The number of Topliss-reactive ketones (excluding diaryl/α,β-unsaturated/α-hetero) is 1. The van der Waals surface area contributed by atoms with E-state index in [1.807, 2.05) is 13.8 Å². The maximum absolute atomic E-state index is 13.3. The number of para-hydroxylation sites is 2. The second-order valence-corrected chi connectivity index (χ2v) is 8.67. The number of nitrogens with zero attached hydrogens (tertiary/aromatic N) is 1. The van der Waals surface area contributed by atoms with Gasteiger partial charge in [-0.15, -0.1) is 0 Å². The van der Waals surface area contributed by atoms with Gasteiger partial charge in [0.15, 0.2) is 0 Å². The quantitative estimate of drug-likeness (QED) is 0.283. The van der Waals surface area contributed by atoms with Crippen molar-refractivity contribution in [2.75, 3.05) is 18.6 Å². The Hall–Kier alpha value is -4.26. The number of ether oxygens (including phenoxy) is 2. The largest absolute Gasteiger partial charge is 0.508 e. The zero-order chi connectivity index (χ0) is 25.1. The number of ketones is 1. The molecule has 2 N–H and O–H groups in total. The first kappa shape index (κ1) is 23.9. The normalized spacial score (nSPS) is 17.1. The van der Waals surface area contributed by atoms with E-state index in [1.165, 1.54) is 24.1 Å². The first-order chi connectivity index (χ1) is 16.8. The van der Waals surface area contributed by atoms with E-state index in [1.54, 1.807) is 60.7 Å². The molecule has 1 fully saturated rings. The molecule has 0 bridgehead atoms. The summed E-state index contributed by atoms with van der Waals surface area (Å²) in [5.41, 5.74) is 1.23. The van der Waals surface area contributed by atoms with Crippen LogP contribution < -0.4 is 14.4 Å². The molecule has 1 heterocycles. The summed E-state index contributed by atoms with van der Waals surface area (Å²) in [7, 11) is 1.48. The van der Waals surface area contributed by atoms with Gasteiger partial charge in [-0.2, -0.15) is 0 Å². The number of benzene rings is 3. The molecule has 7 nitrogen and oxygen atoms in total. The summed E-state index contributed by atoms with van der Waals surface area (Å²) in [6.45, 7) is 4.55. The Morgan fingerprint density at radius 1 is 1.00 bits per heavy atom. The Morgan fingerprint density at radius 3 is 2.40 bits per heavy atom. The molecule has 3 aromatic rings. The van der Waals surface area contributed by atoms with Crippen LogP contribution in [0.2, 0.25) is 0 Å². The molecule has 7 heteroatoms. The maximum atomic E-state index is 13.3. The Balaban J connectivity index is 1.89. The summed E-state index contributed by atoms with van der Waals surface area (Å²) in [5, 5.41) is 21.1. The van der Waals surface area contributed by atoms with Crippen LogP contribution in [0.3, 0.4) is 0 Å². The van der Waals surface area contributed by atoms with Crippen LogP contribution in [-0.4, -0.2) is 35.6 Å². The zero-order valence-corrected chi connectivity index (χ0v) is 19.8. The average Bonchev–Trinajstić information content (AvgIpc) is 3.13. The number of rotatable bonds is 7. The lowest BCUT2D eigenvalue weighted by molar-refractivity contribution is -0.132. The first-order valence-electron chi connectivity index (χ1n) is 11.3. The minimum Gasteiger partial charge on any atom is -0.508 e.